The van der Waals surface area contributed by atoms with E-state index in [4.69, 9.17) is 30.0 Å². The van der Waals surface area contributed by atoms with E-state index in [1.54, 1.807) is 6.07 Å². The Labute approximate surface area is 63.4 Å². The van der Waals surface area contributed by atoms with Crippen molar-refractivity contribution in [1.29, 1.82) is 0 Å². The van der Waals surface area contributed by atoms with Crippen molar-refractivity contribution in [2.24, 2.45) is 0 Å². The molecular weight excluding hydrogens is 156 g/mol. The third kappa shape index (κ3) is 1.23. The van der Waals surface area contributed by atoms with Gasteiger partial charge in [0.05, 0.1) is 5.02 Å². The molecule has 0 aromatic carbocycles. The summed E-state index contributed by atoms with van der Waals surface area (Å²) in [6.07, 6.45) is 1.53. The summed E-state index contributed by atoms with van der Waals surface area (Å²) in [5.41, 5.74) is 5.31. The zero-order chi connectivity index (χ0) is 6.85. The van der Waals surface area contributed by atoms with Crippen molar-refractivity contribution in [3.63, 3.8) is 0 Å². The largest absolute Gasteiger partial charge is 0.778 e. The van der Waals surface area contributed by atoms with E-state index in [1.807, 2.05) is 0 Å². The first kappa shape index (κ1) is 6.58. The molecule has 0 aliphatic heterocycles. The zero-order valence-electron chi connectivity index (χ0n) is 4.47. The van der Waals surface area contributed by atoms with Crippen LogP contribution in [0, 0.1) is 0 Å². The fraction of sp³-hybridized carbons (Fsp3) is 0. The number of hydrogen-bond donors (Lipinski definition) is 1. The molecule has 1 aromatic rings. The summed E-state index contributed by atoms with van der Waals surface area (Å²) in [7, 11) is 0. The molecule has 9 heavy (non-hydrogen) atoms. The smallest absolute Gasteiger partial charge is 0.140 e. The Morgan fingerprint density at radius 2 is 2.33 bits per heavy atom. The first-order valence-electron chi connectivity index (χ1n) is 2.29. The van der Waals surface area contributed by atoms with E-state index in [1.165, 1.54) is 6.20 Å². The Bertz CT molecular complexity index is 206. The van der Waals surface area contributed by atoms with E-state index in [2.05, 4.69) is 4.98 Å². The van der Waals surface area contributed by atoms with Gasteiger partial charge in [0.1, 0.15) is 5.82 Å². The second-order valence-electron chi connectivity index (χ2n) is 1.51. The second-order valence-corrected chi connectivity index (χ2v) is 2.33. The Kier molecular flexibility index (Phi) is 1.73. The van der Waals surface area contributed by atoms with Gasteiger partial charge in [-0.1, -0.05) is 17.7 Å². The summed E-state index contributed by atoms with van der Waals surface area (Å²) in [5, 5.41) is 0.368. The molecule has 0 bridgehead atoms. The van der Waals surface area contributed by atoms with Crippen molar-refractivity contribution in [2.75, 3.05) is 5.73 Å². The predicted octanol–water partition coefficient (Wildman–Crippen LogP) is 1.22. The van der Waals surface area contributed by atoms with E-state index in [0.717, 1.165) is 0 Å². The number of nitrogens with two attached hydrogens (primary N) is 1. The molecule has 0 aliphatic rings. The van der Waals surface area contributed by atoms with Crippen LogP contribution in [0.15, 0.2) is 17.2 Å². The minimum absolute atomic E-state index is 0.296. The Morgan fingerprint density at radius 1 is 1.67 bits per heavy atom. The standard InChI is InChI=1S/C5H5ClN2S/c6-4-3(9)1-2-8-5(4)7/h1-2H,(H3,7,8,9)/p-1. The predicted molar refractivity (Wildman–Crippen MR) is 39.3 cm³/mol. The molecule has 0 saturated heterocycles. The molecule has 4 heteroatoms. The van der Waals surface area contributed by atoms with Crippen molar-refractivity contribution in [2.45, 2.75) is 4.90 Å². The van der Waals surface area contributed by atoms with Gasteiger partial charge in [0, 0.05) is 6.20 Å². The highest BCUT2D eigenvalue weighted by Crippen LogP contribution is 2.19. The highest BCUT2D eigenvalue weighted by atomic mass is 35.5. The normalized spacial score (nSPS) is 9.44. The molecule has 0 atom stereocenters. The lowest BCUT2D eigenvalue weighted by Gasteiger charge is -2.07. The fourth-order valence-corrected chi connectivity index (χ4v) is 0.719. The van der Waals surface area contributed by atoms with E-state index >= 15 is 0 Å². The molecule has 48 valence electrons. The van der Waals surface area contributed by atoms with Gasteiger partial charge in [0.25, 0.3) is 0 Å². The molecule has 0 amide bonds. The Morgan fingerprint density at radius 3 is 2.78 bits per heavy atom. The van der Waals surface area contributed by atoms with Gasteiger partial charge in [-0.2, -0.15) is 4.90 Å². The fourth-order valence-electron chi connectivity index (χ4n) is 0.441. The van der Waals surface area contributed by atoms with Gasteiger partial charge in [0.2, 0.25) is 0 Å². The Hall–Kier alpha value is -0.540. The lowest BCUT2D eigenvalue weighted by molar-refractivity contribution is 1.28. The summed E-state index contributed by atoms with van der Waals surface area (Å²) in [4.78, 5) is 4.26. The van der Waals surface area contributed by atoms with Crippen LogP contribution in [0.1, 0.15) is 0 Å². The minimum Gasteiger partial charge on any atom is -0.778 e. The van der Waals surface area contributed by atoms with Gasteiger partial charge in [-0.15, -0.1) is 0 Å². The number of nitrogens with zero attached hydrogens (tertiary/aromatic N) is 1. The molecule has 0 spiro atoms. The molecular formula is C5H4ClN2S-. The maximum Gasteiger partial charge on any atom is 0.140 e. The molecule has 2 N–H and O–H groups in total. The van der Waals surface area contributed by atoms with Crippen LogP contribution in [0.5, 0.6) is 0 Å². The van der Waals surface area contributed by atoms with Crippen LogP contribution in [-0.2, 0) is 12.6 Å². The van der Waals surface area contributed by atoms with Crippen LogP contribution in [0.25, 0.3) is 0 Å². The summed E-state index contributed by atoms with van der Waals surface area (Å²) in [5.74, 6) is 0.296. The van der Waals surface area contributed by atoms with Gasteiger partial charge >= 0.3 is 0 Å². The summed E-state index contributed by atoms with van der Waals surface area (Å²) in [6, 6.07) is 1.63. The third-order valence-electron chi connectivity index (χ3n) is 0.881. The monoisotopic (exact) mass is 159 g/mol. The maximum atomic E-state index is 5.59. The molecule has 0 radical (unpaired) electrons. The minimum atomic E-state index is 0.296. The number of rotatable bonds is 0. The van der Waals surface area contributed by atoms with Crippen molar-refractivity contribution in [3.05, 3.63) is 17.3 Å². The lowest BCUT2D eigenvalue weighted by Crippen LogP contribution is -1.90. The number of halogens is 1. The van der Waals surface area contributed by atoms with Gasteiger partial charge in [-0.3, -0.25) is 0 Å². The summed E-state index contributed by atoms with van der Waals surface area (Å²) >= 11 is 10.4. The van der Waals surface area contributed by atoms with Crippen molar-refractivity contribution in [3.8, 4) is 0 Å². The second kappa shape index (κ2) is 2.37. The number of anilines is 1. The Balaban J connectivity index is 3.25. The number of nitrogen functional groups attached to an aromatic ring is 1. The van der Waals surface area contributed by atoms with Crippen molar-refractivity contribution >= 4 is 30.0 Å². The van der Waals surface area contributed by atoms with Gasteiger partial charge in [0.15, 0.2) is 0 Å². The van der Waals surface area contributed by atoms with Crippen LogP contribution < -0.4 is 5.73 Å². The molecule has 0 fully saturated rings. The number of hydrogen-bond acceptors (Lipinski definition) is 3. The quantitative estimate of drug-likeness (QED) is 0.579. The van der Waals surface area contributed by atoms with E-state index in [9.17, 15) is 0 Å². The SMILES string of the molecule is Nc1nccc([S-])c1Cl. The lowest BCUT2D eigenvalue weighted by atomic mass is 10.5. The third-order valence-corrected chi connectivity index (χ3v) is 1.73. The molecule has 1 rings (SSSR count). The van der Waals surface area contributed by atoms with Gasteiger partial charge < -0.3 is 18.4 Å². The van der Waals surface area contributed by atoms with Crippen LogP contribution in [-0.4, -0.2) is 4.98 Å². The van der Waals surface area contributed by atoms with Gasteiger partial charge in [-0.25, -0.2) is 4.98 Å². The first-order chi connectivity index (χ1) is 4.22. The van der Waals surface area contributed by atoms with Crippen LogP contribution in [0.3, 0.4) is 0 Å². The van der Waals surface area contributed by atoms with E-state index in [0.29, 0.717) is 15.7 Å². The average molecular weight is 160 g/mol. The molecule has 0 aliphatic carbocycles. The highest BCUT2D eigenvalue weighted by molar-refractivity contribution is 7.59. The van der Waals surface area contributed by atoms with Crippen LogP contribution >= 0.6 is 11.6 Å². The summed E-state index contributed by atoms with van der Waals surface area (Å²) < 4.78 is 0. The van der Waals surface area contributed by atoms with Crippen molar-refractivity contribution < 1.29 is 0 Å². The van der Waals surface area contributed by atoms with E-state index < -0.39 is 0 Å². The number of aromatic nitrogens is 1. The van der Waals surface area contributed by atoms with E-state index in [-0.39, 0.29) is 0 Å². The molecule has 0 saturated carbocycles. The zero-order valence-corrected chi connectivity index (χ0v) is 6.04. The topological polar surface area (TPSA) is 38.9 Å². The molecule has 1 heterocycles. The van der Waals surface area contributed by atoms with Crippen LogP contribution in [0.4, 0.5) is 5.82 Å². The van der Waals surface area contributed by atoms with Gasteiger partial charge in [-0.05, 0) is 0 Å². The average Bonchev–Trinajstić information content (AvgIpc) is 1.83. The molecule has 2 nitrogen and oxygen atoms in total. The number of pyridine rings is 1. The summed E-state index contributed by atoms with van der Waals surface area (Å²) in [6.45, 7) is 0. The highest BCUT2D eigenvalue weighted by Gasteiger charge is 1.91. The first-order valence-corrected chi connectivity index (χ1v) is 3.07. The molecule has 1 aromatic heterocycles. The molecule has 0 unspecified atom stereocenters. The van der Waals surface area contributed by atoms with Crippen molar-refractivity contribution in [1.82, 2.24) is 4.98 Å². The van der Waals surface area contributed by atoms with Crippen LogP contribution in [0.2, 0.25) is 5.02 Å². The maximum absolute atomic E-state index is 5.59.